The highest BCUT2D eigenvalue weighted by Crippen LogP contribution is 2.24. The summed E-state index contributed by atoms with van der Waals surface area (Å²) < 4.78 is 5.21. The molecular formula is C16H20N2O3S. The van der Waals surface area contributed by atoms with Crippen LogP contribution in [0.25, 0.3) is 0 Å². The number of nitrogens with one attached hydrogen (secondary N) is 2. The van der Waals surface area contributed by atoms with Crippen molar-refractivity contribution in [3.05, 3.63) is 46.7 Å². The van der Waals surface area contributed by atoms with Crippen molar-refractivity contribution in [1.29, 1.82) is 0 Å². The van der Waals surface area contributed by atoms with Crippen LogP contribution in [0.1, 0.15) is 11.8 Å². The normalized spacial score (nSPS) is 13.2. The third-order valence-corrected chi connectivity index (χ3v) is 4.35. The molecule has 118 valence electrons. The SMILES string of the molecule is COc1ccccc1NCC(=O)NCC(C)(O)c1cccs1. The lowest BCUT2D eigenvalue weighted by Gasteiger charge is -2.22. The molecule has 2 rings (SSSR count). The predicted octanol–water partition coefficient (Wildman–Crippen LogP) is 2.19. The smallest absolute Gasteiger partial charge is 0.239 e. The van der Waals surface area contributed by atoms with Gasteiger partial charge in [0.05, 0.1) is 25.9 Å². The summed E-state index contributed by atoms with van der Waals surface area (Å²) in [4.78, 5) is 12.7. The first-order valence-corrected chi connectivity index (χ1v) is 7.81. The zero-order chi connectivity index (χ0) is 16.0. The number of amides is 1. The van der Waals surface area contributed by atoms with E-state index in [2.05, 4.69) is 10.6 Å². The Labute approximate surface area is 133 Å². The van der Waals surface area contributed by atoms with E-state index in [-0.39, 0.29) is 19.0 Å². The minimum atomic E-state index is -1.06. The van der Waals surface area contributed by atoms with Crippen LogP contribution in [-0.4, -0.2) is 31.2 Å². The van der Waals surface area contributed by atoms with Crippen LogP contribution in [0, 0.1) is 0 Å². The Kier molecular flexibility index (Phi) is 5.41. The number of benzene rings is 1. The van der Waals surface area contributed by atoms with Gasteiger partial charge < -0.3 is 20.5 Å². The van der Waals surface area contributed by atoms with Crippen molar-refractivity contribution in [2.75, 3.05) is 25.5 Å². The van der Waals surface area contributed by atoms with Gasteiger partial charge in [0.2, 0.25) is 5.91 Å². The van der Waals surface area contributed by atoms with E-state index in [1.165, 1.54) is 11.3 Å². The first-order valence-electron chi connectivity index (χ1n) is 6.93. The number of aliphatic hydroxyl groups is 1. The fourth-order valence-corrected chi connectivity index (χ4v) is 2.76. The van der Waals surface area contributed by atoms with Crippen LogP contribution in [0.5, 0.6) is 5.75 Å². The summed E-state index contributed by atoms with van der Waals surface area (Å²) in [5.41, 5.74) is -0.306. The quantitative estimate of drug-likeness (QED) is 0.731. The molecule has 5 nitrogen and oxygen atoms in total. The minimum absolute atomic E-state index is 0.112. The number of hydrogen-bond donors (Lipinski definition) is 3. The number of para-hydroxylation sites is 2. The van der Waals surface area contributed by atoms with Crippen molar-refractivity contribution in [3.63, 3.8) is 0 Å². The number of ether oxygens (including phenoxy) is 1. The van der Waals surface area contributed by atoms with Gasteiger partial charge in [-0.1, -0.05) is 18.2 Å². The Bertz CT molecular complexity index is 612. The molecule has 22 heavy (non-hydrogen) atoms. The summed E-state index contributed by atoms with van der Waals surface area (Å²) in [6.45, 7) is 1.97. The van der Waals surface area contributed by atoms with Gasteiger partial charge in [0.25, 0.3) is 0 Å². The lowest BCUT2D eigenvalue weighted by Crippen LogP contribution is -2.40. The zero-order valence-corrected chi connectivity index (χ0v) is 13.4. The number of rotatable bonds is 7. The van der Waals surface area contributed by atoms with E-state index in [0.717, 1.165) is 10.6 Å². The molecule has 3 N–H and O–H groups in total. The third kappa shape index (κ3) is 4.22. The Balaban J connectivity index is 1.83. The van der Waals surface area contributed by atoms with Gasteiger partial charge in [-0.15, -0.1) is 11.3 Å². The molecule has 0 aliphatic rings. The van der Waals surface area contributed by atoms with Gasteiger partial charge in [-0.2, -0.15) is 0 Å². The van der Waals surface area contributed by atoms with E-state index in [9.17, 15) is 9.90 Å². The molecule has 0 spiro atoms. The second-order valence-electron chi connectivity index (χ2n) is 5.08. The number of carbonyl (C=O) groups is 1. The molecule has 1 atom stereocenters. The topological polar surface area (TPSA) is 70.6 Å². The molecule has 0 radical (unpaired) electrons. The van der Waals surface area contributed by atoms with E-state index in [4.69, 9.17) is 4.74 Å². The van der Waals surface area contributed by atoms with Gasteiger partial charge in [0.1, 0.15) is 11.4 Å². The van der Waals surface area contributed by atoms with Gasteiger partial charge in [-0.25, -0.2) is 0 Å². The maximum Gasteiger partial charge on any atom is 0.239 e. The van der Waals surface area contributed by atoms with Crippen molar-refractivity contribution in [3.8, 4) is 5.75 Å². The van der Waals surface area contributed by atoms with Crippen LogP contribution in [0.3, 0.4) is 0 Å². The third-order valence-electron chi connectivity index (χ3n) is 3.23. The highest BCUT2D eigenvalue weighted by molar-refractivity contribution is 7.10. The second-order valence-corrected chi connectivity index (χ2v) is 6.03. The molecular weight excluding hydrogens is 300 g/mol. The van der Waals surface area contributed by atoms with E-state index >= 15 is 0 Å². The highest BCUT2D eigenvalue weighted by Gasteiger charge is 2.24. The summed E-state index contributed by atoms with van der Waals surface area (Å²) >= 11 is 1.46. The summed E-state index contributed by atoms with van der Waals surface area (Å²) in [7, 11) is 1.58. The molecule has 0 bridgehead atoms. The van der Waals surface area contributed by atoms with Crippen molar-refractivity contribution in [2.45, 2.75) is 12.5 Å². The maximum atomic E-state index is 11.9. The Morgan fingerprint density at radius 2 is 2.09 bits per heavy atom. The fourth-order valence-electron chi connectivity index (χ4n) is 1.97. The molecule has 0 fully saturated rings. The van der Waals surface area contributed by atoms with Crippen LogP contribution in [-0.2, 0) is 10.4 Å². The summed E-state index contributed by atoms with van der Waals surface area (Å²) in [6, 6.07) is 11.1. The van der Waals surface area contributed by atoms with Crippen LogP contribution in [0.2, 0.25) is 0 Å². The van der Waals surface area contributed by atoms with Crippen molar-refractivity contribution in [1.82, 2.24) is 5.32 Å². The van der Waals surface area contributed by atoms with E-state index in [0.29, 0.717) is 5.75 Å². The molecule has 6 heteroatoms. The Morgan fingerprint density at radius 1 is 1.32 bits per heavy atom. The lowest BCUT2D eigenvalue weighted by molar-refractivity contribution is -0.120. The van der Waals surface area contributed by atoms with Crippen LogP contribution >= 0.6 is 11.3 Å². The molecule has 0 saturated heterocycles. The number of carbonyl (C=O) groups excluding carboxylic acids is 1. The number of anilines is 1. The molecule has 0 aliphatic heterocycles. The summed E-state index contributed by atoms with van der Waals surface area (Å²) in [5, 5.41) is 18.0. The van der Waals surface area contributed by atoms with Gasteiger partial charge in [0, 0.05) is 4.88 Å². The van der Waals surface area contributed by atoms with Gasteiger partial charge in [0.15, 0.2) is 0 Å². The van der Waals surface area contributed by atoms with Crippen molar-refractivity contribution in [2.24, 2.45) is 0 Å². The molecule has 1 unspecified atom stereocenters. The summed E-state index contributed by atoms with van der Waals surface area (Å²) in [5.74, 6) is 0.489. The van der Waals surface area contributed by atoms with E-state index < -0.39 is 5.60 Å². The van der Waals surface area contributed by atoms with Gasteiger partial charge in [-0.05, 0) is 30.5 Å². The zero-order valence-electron chi connectivity index (χ0n) is 12.6. The van der Waals surface area contributed by atoms with E-state index in [1.54, 1.807) is 14.0 Å². The molecule has 0 saturated carbocycles. The van der Waals surface area contributed by atoms with Crippen LogP contribution in [0.4, 0.5) is 5.69 Å². The lowest BCUT2D eigenvalue weighted by atomic mass is 10.1. The Hall–Kier alpha value is -2.05. The molecule has 1 aromatic heterocycles. The maximum absolute atomic E-state index is 11.9. The first kappa shape index (κ1) is 16.3. The second kappa shape index (κ2) is 7.29. The standard InChI is InChI=1S/C16H20N2O3S/c1-16(20,14-8-5-9-22-14)11-18-15(19)10-17-12-6-3-4-7-13(12)21-2/h3-9,17,20H,10-11H2,1-2H3,(H,18,19). The monoisotopic (exact) mass is 320 g/mol. The van der Waals surface area contributed by atoms with Crippen molar-refractivity contribution < 1.29 is 14.6 Å². The van der Waals surface area contributed by atoms with Gasteiger partial charge in [-0.3, -0.25) is 4.79 Å². The van der Waals surface area contributed by atoms with E-state index in [1.807, 2.05) is 41.8 Å². The summed E-state index contributed by atoms with van der Waals surface area (Å²) in [6.07, 6.45) is 0. The van der Waals surface area contributed by atoms with Crippen LogP contribution < -0.4 is 15.4 Å². The fraction of sp³-hybridized carbons (Fsp3) is 0.312. The number of thiophene rings is 1. The first-order chi connectivity index (χ1) is 10.5. The molecule has 1 heterocycles. The molecule has 2 aromatic rings. The van der Waals surface area contributed by atoms with Crippen LogP contribution in [0.15, 0.2) is 41.8 Å². The van der Waals surface area contributed by atoms with Crippen molar-refractivity contribution >= 4 is 22.9 Å². The predicted molar refractivity (Wildman–Crippen MR) is 88.4 cm³/mol. The largest absolute Gasteiger partial charge is 0.495 e. The van der Waals surface area contributed by atoms with Gasteiger partial charge >= 0.3 is 0 Å². The number of hydrogen-bond acceptors (Lipinski definition) is 5. The number of methoxy groups -OCH3 is 1. The minimum Gasteiger partial charge on any atom is -0.495 e. The molecule has 1 aromatic carbocycles. The highest BCUT2D eigenvalue weighted by atomic mass is 32.1. The molecule has 1 amide bonds. The average molecular weight is 320 g/mol. The molecule has 0 aliphatic carbocycles. The average Bonchev–Trinajstić information content (AvgIpc) is 3.06. The Morgan fingerprint density at radius 3 is 2.77 bits per heavy atom.